The number of benzene rings is 1. The van der Waals surface area contributed by atoms with E-state index in [1.54, 1.807) is 0 Å². The van der Waals surface area contributed by atoms with Crippen LogP contribution in [-0.2, 0) is 12.0 Å². The van der Waals surface area contributed by atoms with Crippen molar-refractivity contribution in [3.05, 3.63) is 34.9 Å². The summed E-state index contributed by atoms with van der Waals surface area (Å²) in [4.78, 5) is 0. The van der Waals surface area contributed by atoms with E-state index in [0.717, 1.165) is 11.0 Å². The van der Waals surface area contributed by atoms with Gasteiger partial charge in [0.25, 0.3) is 0 Å². The number of hydrogen-bond donors (Lipinski definition) is 0. The lowest BCUT2D eigenvalue weighted by molar-refractivity contribution is -0.924. The first-order valence-electron chi connectivity index (χ1n) is 6.96. The van der Waals surface area contributed by atoms with Crippen LogP contribution >= 0.6 is 0 Å². The lowest BCUT2D eigenvalue weighted by Crippen LogP contribution is -2.44. The Labute approximate surface area is 113 Å². The molecule has 0 atom stereocenters. The molecule has 1 heteroatoms. The molecule has 102 valence electrons. The molecular formula is C17H30N+. The monoisotopic (exact) mass is 248 g/mol. The zero-order valence-corrected chi connectivity index (χ0v) is 13.5. The maximum absolute atomic E-state index is 2.38. The van der Waals surface area contributed by atoms with Crippen LogP contribution in [0.4, 0.5) is 0 Å². The predicted molar refractivity (Wildman–Crippen MR) is 80.8 cm³/mol. The molecule has 0 aliphatic rings. The summed E-state index contributed by atoms with van der Waals surface area (Å²) in [5, 5.41) is 0. The van der Waals surface area contributed by atoms with Crippen LogP contribution in [0.15, 0.2) is 18.2 Å². The first-order valence-corrected chi connectivity index (χ1v) is 6.96. The molecule has 0 amide bonds. The van der Waals surface area contributed by atoms with Crippen molar-refractivity contribution in [2.45, 2.75) is 59.5 Å². The highest BCUT2D eigenvalue weighted by Crippen LogP contribution is 2.26. The average molecular weight is 248 g/mol. The van der Waals surface area contributed by atoms with Crippen molar-refractivity contribution < 1.29 is 4.48 Å². The Bertz CT molecular complexity index is 408. The molecule has 0 N–H and O–H groups in total. The highest BCUT2D eigenvalue weighted by atomic mass is 15.3. The second-order valence-corrected chi connectivity index (χ2v) is 7.49. The summed E-state index contributed by atoms with van der Waals surface area (Å²) in [6.07, 6.45) is 0. The summed E-state index contributed by atoms with van der Waals surface area (Å²) in [5.74, 6) is 0. The van der Waals surface area contributed by atoms with Crippen molar-refractivity contribution in [1.82, 2.24) is 0 Å². The molecule has 1 aromatic rings. The van der Waals surface area contributed by atoms with Crippen molar-refractivity contribution in [2.24, 2.45) is 0 Å². The quantitative estimate of drug-likeness (QED) is 0.701. The van der Waals surface area contributed by atoms with Crippen LogP contribution in [0, 0.1) is 6.92 Å². The van der Waals surface area contributed by atoms with Gasteiger partial charge in [-0.25, -0.2) is 0 Å². The summed E-state index contributed by atoms with van der Waals surface area (Å²) in [7, 11) is 4.62. The Kier molecular flexibility index (Phi) is 4.27. The van der Waals surface area contributed by atoms with Gasteiger partial charge < -0.3 is 4.48 Å². The number of hydrogen-bond acceptors (Lipinski definition) is 0. The van der Waals surface area contributed by atoms with Gasteiger partial charge in [-0.15, -0.1) is 0 Å². The molecule has 0 aromatic heterocycles. The summed E-state index contributed by atoms with van der Waals surface area (Å²) < 4.78 is 1.03. The molecule has 0 saturated heterocycles. The van der Waals surface area contributed by atoms with E-state index in [0.29, 0.717) is 6.04 Å². The lowest BCUT2D eigenvalue weighted by atomic mass is 9.85. The molecule has 0 saturated carbocycles. The zero-order valence-electron chi connectivity index (χ0n) is 13.5. The lowest BCUT2D eigenvalue weighted by Gasteiger charge is -2.34. The second-order valence-electron chi connectivity index (χ2n) is 7.49. The molecule has 18 heavy (non-hydrogen) atoms. The van der Waals surface area contributed by atoms with Gasteiger partial charge in [0.15, 0.2) is 0 Å². The molecule has 0 bridgehead atoms. The molecule has 0 radical (unpaired) electrons. The van der Waals surface area contributed by atoms with E-state index in [4.69, 9.17) is 0 Å². The largest absolute Gasteiger partial charge is 0.323 e. The van der Waals surface area contributed by atoms with Gasteiger partial charge in [-0.2, -0.15) is 0 Å². The molecule has 1 nitrogen and oxygen atoms in total. The molecule has 0 aliphatic heterocycles. The fraction of sp³-hybridized carbons (Fsp3) is 0.647. The Morgan fingerprint density at radius 1 is 1.06 bits per heavy atom. The zero-order chi connectivity index (χ0) is 14.1. The molecule has 0 fully saturated rings. The highest BCUT2D eigenvalue weighted by Gasteiger charge is 2.22. The Balaban J connectivity index is 3.08. The smallest absolute Gasteiger partial charge is 0.104 e. The molecular weight excluding hydrogens is 218 g/mol. The van der Waals surface area contributed by atoms with Crippen molar-refractivity contribution in [1.29, 1.82) is 0 Å². The third kappa shape index (κ3) is 3.84. The molecule has 0 aliphatic carbocycles. The van der Waals surface area contributed by atoms with Crippen LogP contribution in [0.25, 0.3) is 0 Å². The fourth-order valence-corrected chi connectivity index (χ4v) is 2.04. The molecule has 1 rings (SSSR count). The van der Waals surface area contributed by atoms with Crippen LogP contribution in [0.2, 0.25) is 0 Å². The number of quaternary nitrogens is 1. The Morgan fingerprint density at radius 2 is 1.61 bits per heavy atom. The molecule has 0 spiro atoms. The Morgan fingerprint density at radius 3 is 2.06 bits per heavy atom. The number of nitrogens with zero attached hydrogens (tertiary/aromatic N) is 1. The van der Waals surface area contributed by atoms with E-state index >= 15 is 0 Å². The first-order chi connectivity index (χ1) is 8.02. The van der Waals surface area contributed by atoms with Crippen LogP contribution < -0.4 is 0 Å². The second kappa shape index (κ2) is 5.05. The third-order valence-corrected chi connectivity index (χ3v) is 3.99. The van der Waals surface area contributed by atoms with Crippen molar-refractivity contribution in [3.8, 4) is 0 Å². The number of rotatable bonds is 3. The standard InChI is InChI=1S/C17H30N/c1-13(2)18(7,8)12-15-9-14(3)10-16(11-15)17(4,5)6/h9-11,13H,12H2,1-8H3/q+1. The van der Waals surface area contributed by atoms with Crippen LogP contribution in [0.1, 0.15) is 51.3 Å². The van der Waals surface area contributed by atoms with Gasteiger partial charge in [-0.05, 0) is 37.8 Å². The molecule has 0 heterocycles. The fourth-order valence-electron chi connectivity index (χ4n) is 2.04. The van der Waals surface area contributed by atoms with Gasteiger partial charge in [0.05, 0.1) is 20.1 Å². The summed E-state index contributed by atoms with van der Waals surface area (Å²) in [5.41, 5.74) is 4.51. The normalized spacial score (nSPS) is 13.2. The highest BCUT2D eigenvalue weighted by molar-refractivity contribution is 5.33. The SMILES string of the molecule is Cc1cc(C[N+](C)(C)C(C)C)cc(C(C)(C)C)c1. The minimum absolute atomic E-state index is 0.232. The van der Waals surface area contributed by atoms with Gasteiger partial charge in [0.1, 0.15) is 6.54 Å². The Hall–Kier alpha value is -0.820. The minimum Gasteiger partial charge on any atom is -0.323 e. The maximum atomic E-state index is 2.38. The third-order valence-electron chi connectivity index (χ3n) is 3.99. The summed E-state index contributed by atoms with van der Waals surface area (Å²) in [6.45, 7) is 14.7. The summed E-state index contributed by atoms with van der Waals surface area (Å²) in [6, 6.07) is 7.68. The van der Waals surface area contributed by atoms with Crippen LogP contribution in [0.3, 0.4) is 0 Å². The van der Waals surface area contributed by atoms with Crippen molar-refractivity contribution >= 4 is 0 Å². The van der Waals surface area contributed by atoms with Gasteiger partial charge in [-0.3, -0.25) is 0 Å². The van der Waals surface area contributed by atoms with Crippen LogP contribution in [-0.4, -0.2) is 24.6 Å². The van der Waals surface area contributed by atoms with Crippen molar-refractivity contribution in [2.75, 3.05) is 14.1 Å². The minimum atomic E-state index is 0.232. The van der Waals surface area contributed by atoms with E-state index < -0.39 is 0 Å². The van der Waals surface area contributed by atoms with E-state index in [-0.39, 0.29) is 5.41 Å². The van der Waals surface area contributed by atoms with E-state index in [1.165, 1.54) is 16.7 Å². The number of aryl methyl sites for hydroxylation is 1. The van der Waals surface area contributed by atoms with Gasteiger partial charge >= 0.3 is 0 Å². The first kappa shape index (κ1) is 15.2. The van der Waals surface area contributed by atoms with E-state index in [9.17, 15) is 0 Å². The topological polar surface area (TPSA) is 0 Å². The van der Waals surface area contributed by atoms with Gasteiger partial charge in [0.2, 0.25) is 0 Å². The molecule has 0 unspecified atom stereocenters. The predicted octanol–water partition coefficient (Wildman–Crippen LogP) is 4.28. The molecule has 1 aromatic carbocycles. The maximum Gasteiger partial charge on any atom is 0.104 e. The van der Waals surface area contributed by atoms with E-state index in [2.05, 4.69) is 73.8 Å². The van der Waals surface area contributed by atoms with Crippen molar-refractivity contribution in [3.63, 3.8) is 0 Å². The summed E-state index contributed by atoms with van der Waals surface area (Å²) >= 11 is 0. The van der Waals surface area contributed by atoms with Crippen LogP contribution in [0.5, 0.6) is 0 Å². The van der Waals surface area contributed by atoms with Gasteiger partial charge in [-0.1, -0.05) is 38.5 Å². The van der Waals surface area contributed by atoms with E-state index in [1.807, 2.05) is 0 Å². The van der Waals surface area contributed by atoms with Gasteiger partial charge in [0, 0.05) is 5.56 Å². The average Bonchev–Trinajstić information content (AvgIpc) is 2.13.